The van der Waals surface area contributed by atoms with E-state index in [0.717, 1.165) is 36.5 Å². The van der Waals surface area contributed by atoms with Gasteiger partial charge in [0.15, 0.2) is 4.90 Å². The van der Waals surface area contributed by atoms with Gasteiger partial charge in [-0.15, -0.1) is 0 Å². The minimum atomic E-state index is -0.922. The van der Waals surface area contributed by atoms with Gasteiger partial charge in [0.25, 0.3) is 0 Å². The van der Waals surface area contributed by atoms with Gasteiger partial charge < -0.3 is 9.29 Å². The van der Waals surface area contributed by atoms with Crippen LogP contribution in [0.2, 0.25) is 0 Å². The molecule has 0 fully saturated rings. The van der Waals surface area contributed by atoms with Crippen LogP contribution in [0.1, 0.15) is 39.0 Å². The maximum absolute atomic E-state index is 12.0. The molecule has 1 rings (SSSR count). The first-order valence-electron chi connectivity index (χ1n) is 6.68. The van der Waals surface area contributed by atoms with Gasteiger partial charge in [0.2, 0.25) is 0 Å². The van der Waals surface area contributed by atoms with Gasteiger partial charge in [0, 0.05) is 6.07 Å². The highest BCUT2D eigenvalue weighted by molar-refractivity contribution is 7.91. The van der Waals surface area contributed by atoms with Crippen molar-refractivity contribution in [3.63, 3.8) is 0 Å². The molecular weight excluding hydrogens is 244 g/mol. The Balaban J connectivity index is 2.45. The van der Waals surface area contributed by atoms with Crippen LogP contribution in [0, 0.1) is 6.92 Å². The largest absolute Gasteiger partial charge is 0.611 e. The predicted molar refractivity (Wildman–Crippen MR) is 77.3 cm³/mol. The van der Waals surface area contributed by atoms with E-state index in [1.165, 1.54) is 12.8 Å². The summed E-state index contributed by atoms with van der Waals surface area (Å²) in [6, 6.07) is 7.63. The monoisotopic (exact) mass is 267 g/mol. The maximum Gasteiger partial charge on any atom is 0.156 e. The second kappa shape index (κ2) is 9.29. The minimum absolute atomic E-state index is 0.683. The van der Waals surface area contributed by atoms with Crippen molar-refractivity contribution >= 4 is 11.2 Å². The summed E-state index contributed by atoms with van der Waals surface area (Å²) < 4.78 is 17.6. The van der Waals surface area contributed by atoms with E-state index in [1.807, 2.05) is 24.3 Å². The molecule has 0 aliphatic rings. The minimum Gasteiger partial charge on any atom is -0.611 e. The number of hydrogen-bond donors (Lipinski definition) is 0. The van der Waals surface area contributed by atoms with Crippen molar-refractivity contribution in [2.45, 2.75) is 43.9 Å². The van der Waals surface area contributed by atoms with Crippen molar-refractivity contribution in [3.8, 4) is 5.75 Å². The van der Waals surface area contributed by atoms with Gasteiger partial charge in [-0.05, 0) is 42.6 Å². The van der Waals surface area contributed by atoms with Gasteiger partial charge in [-0.3, -0.25) is 0 Å². The Bertz CT molecular complexity index is 328. The first kappa shape index (κ1) is 15.4. The van der Waals surface area contributed by atoms with E-state index in [0.29, 0.717) is 5.75 Å². The highest BCUT2D eigenvalue weighted by Crippen LogP contribution is 2.19. The number of ether oxygens (including phenoxy) is 1. The molecule has 0 amide bonds. The lowest BCUT2D eigenvalue weighted by atomic mass is 10.3. The molecule has 0 N–H and O–H groups in total. The molecule has 2 nitrogen and oxygen atoms in total. The van der Waals surface area contributed by atoms with E-state index < -0.39 is 11.2 Å². The topological polar surface area (TPSA) is 32.3 Å². The summed E-state index contributed by atoms with van der Waals surface area (Å²) >= 11 is -0.922. The number of benzene rings is 1. The molecular formula is C15H23O2S. The molecule has 1 radical (unpaired) electrons. The predicted octanol–water partition coefficient (Wildman–Crippen LogP) is 3.98. The molecule has 0 aliphatic carbocycles. The molecule has 0 aliphatic heterocycles. The Labute approximate surface area is 114 Å². The van der Waals surface area contributed by atoms with Gasteiger partial charge in [-0.1, -0.05) is 32.8 Å². The van der Waals surface area contributed by atoms with Crippen molar-refractivity contribution in [2.75, 3.05) is 12.4 Å². The van der Waals surface area contributed by atoms with E-state index in [-0.39, 0.29) is 0 Å². The molecule has 0 saturated heterocycles. The summed E-state index contributed by atoms with van der Waals surface area (Å²) in [6.07, 6.45) is 5.19. The fraction of sp³-hybridized carbons (Fsp3) is 0.533. The van der Waals surface area contributed by atoms with Crippen LogP contribution in [0.5, 0.6) is 5.75 Å². The fourth-order valence-electron chi connectivity index (χ4n) is 1.60. The first-order valence-corrected chi connectivity index (χ1v) is 8.00. The lowest BCUT2D eigenvalue weighted by Gasteiger charge is -2.11. The number of unbranched alkanes of at least 4 members (excludes halogenated alkanes) is 3. The standard InChI is InChI=1S/C15H23O2S/c1-3-5-7-11-17-14-9-8-10-15(13-14)18(16)12-6-4-2/h8-10,13H,2-7,11-12H2,1H3. The molecule has 0 bridgehead atoms. The normalized spacial score (nSPS) is 12.4. The van der Waals surface area contributed by atoms with E-state index in [1.54, 1.807) is 0 Å². The third kappa shape index (κ3) is 5.78. The molecule has 1 aromatic rings. The summed E-state index contributed by atoms with van der Waals surface area (Å²) in [6.45, 7) is 6.68. The highest BCUT2D eigenvalue weighted by atomic mass is 32.2. The molecule has 101 valence electrons. The molecule has 1 aromatic carbocycles. The Kier molecular flexibility index (Phi) is 7.94. The van der Waals surface area contributed by atoms with Crippen LogP contribution in [0.15, 0.2) is 29.2 Å². The third-order valence-corrected chi connectivity index (χ3v) is 4.10. The van der Waals surface area contributed by atoms with Crippen molar-refractivity contribution in [1.29, 1.82) is 0 Å². The van der Waals surface area contributed by atoms with Crippen LogP contribution in [-0.4, -0.2) is 16.9 Å². The van der Waals surface area contributed by atoms with Crippen LogP contribution in [0.25, 0.3) is 0 Å². The van der Waals surface area contributed by atoms with Crippen LogP contribution < -0.4 is 4.74 Å². The number of hydrogen-bond acceptors (Lipinski definition) is 2. The molecule has 0 spiro atoms. The molecule has 0 saturated carbocycles. The van der Waals surface area contributed by atoms with Crippen LogP contribution >= 0.6 is 0 Å². The van der Waals surface area contributed by atoms with E-state index in [9.17, 15) is 4.55 Å². The van der Waals surface area contributed by atoms with Crippen molar-refractivity contribution in [3.05, 3.63) is 31.2 Å². The first-order chi connectivity index (χ1) is 8.77. The van der Waals surface area contributed by atoms with E-state index in [4.69, 9.17) is 4.74 Å². The molecule has 1 atom stereocenters. The highest BCUT2D eigenvalue weighted by Gasteiger charge is 2.10. The Morgan fingerprint density at radius 1 is 1.28 bits per heavy atom. The van der Waals surface area contributed by atoms with Gasteiger partial charge in [0.1, 0.15) is 11.5 Å². The molecule has 0 aromatic heterocycles. The summed E-state index contributed by atoms with van der Waals surface area (Å²) in [5.74, 6) is 1.51. The van der Waals surface area contributed by atoms with Crippen LogP contribution in [0.3, 0.4) is 0 Å². The number of rotatable bonds is 9. The lowest BCUT2D eigenvalue weighted by Crippen LogP contribution is -2.07. The zero-order valence-electron chi connectivity index (χ0n) is 11.2. The van der Waals surface area contributed by atoms with Crippen LogP contribution in [-0.2, 0) is 11.2 Å². The Hall–Kier alpha value is -0.670. The van der Waals surface area contributed by atoms with Crippen molar-refractivity contribution in [2.24, 2.45) is 0 Å². The summed E-state index contributed by atoms with van der Waals surface area (Å²) in [5, 5.41) is 0. The summed E-state index contributed by atoms with van der Waals surface area (Å²) in [5.41, 5.74) is 0. The van der Waals surface area contributed by atoms with Gasteiger partial charge in [-0.25, -0.2) is 0 Å². The Morgan fingerprint density at radius 2 is 2.11 bits per heavy atom. The molecule has 3 heteroatoms. The molecule has 18 heavy (non-hydrogen) atoms. The molecule has 1 unspecified atom stereocenters. The van der Waals surface area contributed by atoms with Crippen molar-refractivity contribution in [1.82, 2.24) is 0 Å². The smallest absolute Gasteiger partial charge is 0.156 e. The SMILES string of the molecule is [CH2]CCC[S+]([O-])c1cccc(OCCCCC)c1. The average molecular weight is 267 g/mol. The van der Waals surface area contributed by atoms with Gasteiger partial charge in [0.05, 0.1) is 6.61 Å². The quantitative estimate of drug-likeness (QED) is 0.501. The van der Waals surface area contributed by atoms with Gasteiger partial charge >= 0.3 is 0 Å². The zero-order chi connectivity index (χ0) is 13.2. The second-order valence-corrected chi connectivity index (χ2v) is 5.86. The Morgan fingerprint density at radius 3 is 2.83 bits per heavy atom. The third-order valence-electron chi connectivity index (χ3n) is 2.66. The van der Waals surface area contributed by atoms with Crippen LogP contribution in [0.4, 0.5) is 0 Å². The summed E-state index contributed by atoms with van der Waals surface area (Å²) in [7, 11) is 0. The van der Waals surface area contributed by atoms with Gasteiger partial charge in [-0.2, -0.15) is 0 Å². The second-order valence-electron chi connectivity index (χ2n) is 4.29. The van der Waals surface area contributed by atoms with E-state index >= 15 is 0 Å². The van der Waals surface area contributed by atoms with Crippen molar-refractivity contribution < 1.29 is 9.29 Å². The van der Waals surface area contributed by atoms with E-state index in [2.05, 4.69) is 13.8 Å². The maximum atomic E-state index is 12.0. The average Bonchev–Trinajstić information content (AvgIpc) is 2.41. The summed E-state index contributed by atoms with van der Waals surface area (Å²) in [4.78, 5) is 0.858. The fourth-order valence-corrected chi connectivity index (χ4v) is 2.78. The lowest BCUT2D eigenvalue weighted by molar-refractivity contribution is 0.305. The zero-order valence-corrected chi connectivity index (χ0v) is 12.0. The molecule has 0 heterocycles.